The molecule has 0 saturated carbocycles. The second-order valence-electron chi connectivity index (χ2n) is 10.8. The third kappa shape index (κ3) is 5.58. The summed E-state index contributed by atoms with van der Waals surface area (Å²) in [5.41, 5.74) is 2.89. The molecule has 38 heavy (non-hydrogen) atoms. The van der Waals surface area contributed by atoms with Crippen LogP contribution in [0.1, 0.15) is 46.6 Å². The summed E-state index contributed by atoms with van der Waals surface area (Å²) in [6.45, 7) is 8.01. The fraction of sp³-hybridized carbons (Fsp3) is 0.593. The Bertz CT molecular complexity index is 1100. The van der Waals surface area contributed by atoms with Gasteiger partial charge in [-0.05, 0) is 57.2 Å². The Morgan fingerprint density at radius 1 is 0.974 bits per heavy atom. The van der Waals surface area contributed by atoms with E-state index in [1.165, 1.54) is 19.1 Å². The van der Waals surface area contributed by atoms with E-state index in [0.29, 0.717) is 5.56 Å². The lowest BCUT2D eigenvalue weighted by Crippen LogP contribution is -2.67. The molecule has 2 aliphatic heterocycles. The van der Waals surface area contributed by atoms with Gasteiger partial charge in [0, 0.05) is 0 Å². The molecule has 0 aliphatic carbocycles. The lowest BCUT2D eigenvalue weighted by atomic mass is 9.78. The maximum absolute atomic E-state index is 13.9. The molecular weight excluding hydrogens is 494 g/mol. The molecule has 0 spiro atoms. The first kappa shape index (κ1) is 29.2. The quantitative estimate of drug-likeness (QED) is 0.314. The number of hydrogen-bond acceptors (Lipinski definition) is 8. The van der Waals surface area contributed by atoms with Gasteiger partial charge in [0.1, 0.15) is 24.5 Å². The summed E-state index contributed by atoms with van der Waals surface area (Å²) in [6, 6.07) is 6.16. The summed E-state index contributed by atoms with van der Waals surface area (Å²) in [7, 11) is 0. The number of nitrogens with one attached hydrogen (secondary N) is 2. The van der Waals surface area contributed by atoms with E-state index in [9.17, 15) is 29.1 Å². The fourth-order valence-corrected chi connectivity index (χ4v) is 5.05. The molecule has 2 aliphatic rings. The van der Waals surface area contributed by atoms with Crippen LogP contribution in [-0.4, -0.2) is 70.9 Å². The minimum absolute atomic E-state index is 0.0258. The van der Waals surface area contributed by atoms with E-state index in [2.05, 4.69) is 10.6 Å². The summed E-state index contributed by atoms with van der Waals surface area (Å²) in [5.74, 6) is -5.26. The number of nitrogens with two attached hydrogens (primary N) is 1. The minimum Gasteiger partial charge on any atom is -0.508 e. The van der Waals surface area contributed by atoms with E-state index >= 15 is 0 Å². The Labute approximate surface area is 221 Å². The third-order valence-electron chi connectivity index (χ3n) is 7.74. The van der Waals surface area contributed by atoms with Crippen LogP contribution in [0, 0.1) is 17.8 Å². The molecule has 0 aromatic heterocycles. The van der Waals surface area contributed by atoms with Crippen molar-refractivity contribution in [3.8, 4) is 5.75 Å². The first-order chi connectivity index (χ1) is 17.7. The Kier molecular flexibility index (Phi) is 8.62. The molecular formula is C27H37N3O8. The van der Waals surface area contributed by atoms with Crippen LogP contribution in [0.4, 0.5) is 0 Å². The molecule has 11 heteroatoms. The van der Waals surface area contributed by atoms with Crippen LogP contribution < -0.4 is 16.4 Å². The van der Waals surface area contributed by atoms with E-state index < -0.39 is 58.6 Å². The molecule has 2 saturated heterocycles. The minimum atomic E-state index is -2.07. The van der Waals surface area contributed by atoms with Crippen molar-refractivity contribution in [1.82, 2.24) is 10.6 Å². The molecule has 6 unspecified atom stereocenters. The van der Waals surface area contributed by atoms with Gasteiger partial charge in [-0.2, -0.15) is 0 Å². The first-order valence-electron chi connectivity index (χ1n) is 12.7. The summed E-state index contributed by atoms with van der Waals surface area (Å²) in [4.78, 5) is 65.5. The highest BCUT2D eigenvalue weighted by Crippen LogP contribution is 2.31. The normalized spacial score (nSPS) is 28.8. The number of Topliss-reactive ketones (excluding diaryl/α,β-unsaturated/α-hetero) is 2. The van der Waals surface area contributed by atoms with Crippen molar-refractivity contribution >= 4 is 29.3 Å². The van der Waals surface area contributed by atoms with E-state index in [1.54, 1.807) is 26.0 Å². The number of carbonyl (C=O) groups excluding carboxylic acids is 5. The van der Waals surface area contributed by atoms with Crippen molar-refractivity contribution < 1.29 is 38.6 Å². The number of phenolic OH excluding ortho intramolecular Hbond substituents is 1. The number of amides is 3. The number of phenols is 1. The lowest BCUT2D eigenvalue weighted by molar-refractivity contribution is -0.144. The predicted octanol–water partition coefficient (Wildman–Crippen LogP) is 0.404. The molecule has 5 N–H and O–H groups in total. The molecule has 2 fully saturated rings. The maximum atomic E-state index is 13.9. The number of ether oxygens (including phenoxy) is 2. The molecule has 208 valence electrons. The van der Waals surface area contributed by atoms with Gasteiger partial charge in [-0.3, -0.25) is 24.0 Å². The lowest BCUT2D eigenvalue weighted by Gasteiger charge is -2.35. The van der Waals surface area contributed by atoms with Crippen LogP contribution in [0.25, 0.3) is 0 Å². The molecule has 0 radical (unpaired) electrons. The molecule has 3 rings (SSSR count). The molecule has 1 aromatic carbocycles. The summed E-state index contributed by atoms with van der Waals surface area (Å²) < 4.78 is 10.8. The van der Waals surface area contributed by atoms with Gasteiger partial charge in [0.2, 0.25) is 17.4 Å². The zero-order valence-electron chi connectivity index (χ0n) is 22.4. The second-order valence-corrected chi connectivity index (χ2v) is 10.8. The Morgan fingerprint density at radius 2 is 1.53 bits per heavy atom. The van der Waals surface area contributed by atoms with Crippen LogP contribution in [0.3, 0.4) is 0 Å². The monoisotopic (exact) mass is 531 g/mol. The zero-order chi connectivity index (χ0) is 28.4. The summed E-state index contributed by atoms with van der Waals surface area (Å²) in [5, 5.41) is 15.1. The third-order valence-corrected chi connectivity index (χ3v) is 7.74. The fourth-order valence-electron chi connectivity index (χ4n) is 5.05. The Balaban J connectivity index is 2.02. The van der Waals surface area contributed by atoms with Gasteiger partial charge in [-0.25, -0.2) is 0 Å². The van der Waals surface area contributed by atoms with Crippen molar-refractivity contribution in [3.05, 3.63) is 29.8 Å². The SMILES string of the molecule is CC(C)CC(C(=O)NC1(C)C(=O)COC1C)C(Cc1ccc(O)cc1)C(=O)NC1(C(N)=O)C(=O)COC1C. The number of carbonyl (C=O) groups is 5. The molecule has 0 bridgehead atoms. The van der Waals surface area contributed by atoms with Gasteiger partial charge in [-0.15, -0.1) is 0 Å². The van der Waals surface area contributed by atoms with Gasteiger partial charge in [-0.1, -0.05) is 26.0 Å². The van der Waals surface area contributed by atoms with E-state index in [-0.39, 0.29) is 43.5 Å². The van der Waals surface area contributed by atoms with Crippen LogP contribution in [-0.2, 0) is 39.9 Å². The first-order valence-corrected chi connectivity index (χ1v) is 12.7. The molecule has 6 atom stereocenters. The molecule has 11 nitrogen and oxygen atoms in total. The highest BCUT2D eigenvalue weighted by Gasteiger charge is 2.56. The smallest absolute Gasteiger partial charge is 0.253 e. The number of benzene rings is 1. The summed E-state index contributed by atoms with van der Waals surface area (Å²) in [6.07, 6.45) is -1.26. The van der Waals surface area contributed by atoms with Crippen LogP contribution >= 0.6 is 0 Å². The summed E-state index contributed by atoms with van der Waals surface area (Å²) >= 11 is 0. The topological polar surface area (TPSA) is 174 Å². The number of rotatable bonds is 10. The number of primary amides is 1. The number of hydrogen-bond donors (Lipinski definition) is 4. The van der Waals surface area contributed by atoms with E-state index in [1.807, 2.05) is 13.8 Å². The van der Waals surface area contributed by atoms with Crippen molar-refractivity contribution in [2.24, 2.45) is 23.5 Å². The number of ketones is 2. The van der Waals surface area contributed by atoms with Gasteiger partial charge >= 0.3 is 0 Å². The zero-order valence-corrected chi connectivity index (χ0v) is 22.4. The number of aromatic hydroxyl groups is 1. The van der Waals surface area contributed by atoms with Crippen molar-refractivity contribution in [2.75, 3.05) is 13.2 Å². The molecule has 2 heterocycles. The van der Waals surface area contributed by atoms with E-state index in [4.69, 9.17) is 15.2 Å². The van der Waals surface area contributed by atoms with Gasteiger partial charge < -0.3 is 30.9 Å². The van der Waals surface area contributed by atoms with Crippen LogP contribution in [0.5, 0.6) is 5.75 Å². The molecule has 3 amide bonds. The van der Waals surface area contributed by atoms with E-state index in [0.717, 1.165) is 0 Å². The highest BCUT2D eigenvalue weighted by atomic mass is 16.5. The van der Waals surface area contributed by atoms with Gasteiger partial charge in [0.05, 0.1) is 24.0 Å². The van der Waals surface area contributed by atoms with Crippen LogP contribution in [0.2, 0.25) is 0 Å². The van der Waals surface area contributed by atoms with Gasteiger partial charge in [0.25, 0.3) is 5.91 Å². The standard InChI is InChI=1S/C27H37N3O8/c1-14(2)10-19(23(34)29-26(5)15(3)37-12-21(26)32)20(11-17-6-8-18(31)9-7-17)24(35)30-27(25(28)36)16(4)38-13-22(27)33/h6-9,14-16,19-20,31H,10-13H2,1-5H3,(H2,28,36)(H,29,34)(H,30,35). The average Bonchev–Trinajstić information content (AvgIpc) is 3.27. The van der Waals surface area contributed by atoms with Crippen LogP contribution in [0.15, 0.2) is 24.3 Å². The molecule has 1 aromatic rings. The second kappa shape index (κ2) is 11.2. The van der Waals surface area contributed by atoms with Crippen molar-refractivity contribution in [2.45, 2.75) is 70.7 Å². The maximum Gasteiger partial charge on any atom is 0.253 e. The Morgan fingerprint density at radius 3 is 2.00 bits per heavy atom. The van der Waals surface area contributed by atoms with Gasteiger partial charge in [0.15, 0.2) is 11.6 Å². The largest absolute Gasteiger partial charge is 0.508 e. The van der Waals surface area contributed by atoms with Crippen molar-refractivity contribution in [3.63, 3.8) is 0 Å². The highest BCUT2D eigenvalue weighted by molar-refractivity contribution is 6.15. The Hall–Kier alpha value is -3.31. The van der Waals surface area contributed by atoms with Crippen molar-refractivity contribution in [1.29, 1.82) is 0 Å². The average molecular weight is 532 g/mol. The predicted molar refractivity (Wildman–Crippen MR) is 136 cm³/mol.